The Kier molecular flexibility index (Phi) is 3.55. The second-order valence-corrected chi connectivity index (χ2v) is 5.40. The summed E-state index contributed by atoms with van der Waals surface area (Å²) in [5.74, 6) is -0.285. The number of nitrogens with one attached hydrogen (secondary N) is 3. The minimum atomic E-state index is -0.285. The Labute approximate surface area is 123 Å². The predicted octanol–water partition coefficient (Wildman–Crippen LogP) is 1.07. The van der Waals surface area contributed by atoms with E-state index in [2.05, 4.69) is 20.3 Å². The van der Waals surface area contributed by atoms with Crippen molar-refractivity contribution in [2.24, 2.45) is 5.73 Å². The second-order valence-electron chi connectivity index (χ2n) is 4.46. The van der Waals surface area contributed by atoms with Crippen LogP contribution in [0.25, 0.3) is 11.0 Å². The first-order valence-corrected chi connectivity index (χ1v) is 7.21. The summed E-state index contributed by atoms with van der Waals surface area (Å²) in [6.07, 6.45) is 0.661. The highest BCUT2D eigenvalue weighted by Gasteiger charge is 2.11. The monoisotopic (exact) mass is 303 g/mol. The third-order valence-corrected chi connectivity index (χ3v) is 3.83. The topological polar surface area (TPSA) is 117 Å². The van der Waals surface area contributed by atoms with Gasteiger partial charge in [0.25, 0.3) is 5.91 Å². The van der Waals surface area contributed by atoms with Gasteiger partial charge in [0, 0.05) is 17.5 Å². The van der Waals surface area contributed by atoms with E-state index in [-0.39, 0.29) is 11.6 Å². The van der Waals surface area contributed by atoms with E-state index in [0.29, 0.717) is 35.4 Å². The molecule has 0 atom stereocenters. The van der Waals surface area contributed by atoms with Gasteiger partial charge in [-0.15, -0.1) is 11.3 Å². The number of nitrogens with zero attached hydrogens (tertiary/aromatic N) is 1. The number of anilines is 1. The molecule has 0 saturated carbocycles. The first-order valence-electron chi connectivity index (χ1n) is 6.33. The standard InChI is InChI=1S/C13H13N5O2S/c14-4-3-11-16-10(6-21-11)12(19)15-7-1-2-8-9(5-7)18-13(20)17-8/h1-2,5-6H,3-4,14H2,(H,15,19)(H2,17,18,20). The molecule has 0 spiro atoms. The van der Waals surface area contributed by atoms with Crippen molar-refractivity contribution < 1.29 is 4.79 Å². The van der Waals surface area contributed by atoms with Crippen molar-refractivity contribution in [3.8, 4) is 0 Å². The number of aromatic nitrogens is 3. The average Bonchev–Trinajstić information content (AvgIpc) is 3.04. The number of hydrogen-bond donors (Lipinski definition) is 4. The van der Waals surface area contributed by atoms with Gasteiger partial charge in [0.2, 0.25) is 0 Å². The molecule has 0 fully saturated rings. The van der Waals surface area contributed by atoms with Crippen molar-refractivity contribution in [1.29, 1.82) is 0 Å². The Morgan fingerprint density at radius 2 is 2.14 bits per heavy atom. The third kappa shape index (κ3) is 2.86. The van der Waals surface area contributed by atoms with Gasteiger partial charge < -0.3 is 21.0 Å². The van der Waals surface area contributed by atoms with Gasteiger partial charge in [-0.1, -0.05) is 0 Å². The summed E-state index contributed by atoms with van der Waals surface area (Å²) >= 11 is 1.41. The highest BCUT2D eigenvalue weighted by molar-refractivity contribution is 7.09. The van der Waals surface area contributed by atoms with Crippen LogP contribution >= 0.6 is 11.3 Å². The van der Waals surface area contributed by atoms with E-state index in [1.807, 2.05) is 0 Å². The van der Waals surface area contributed by atoms with Crippen LogP contribution in [0.3, 0.4) is 0 Å². The number of rotatable bonds is 4. The Hall–Kier alpha value is -2.45. The number of thiazole rings is 1. The molecule has 1 aromatic carbocycles. The summed E-state index contributed by atoms with van der Waals surface area (Å²) in [6.45, 7) is 0.506. The summed E-state index contributed by atoms with van der Waals surface area (Å²) in [7, 11) is 0. The van der Waals surface area contributed by atoms with Crippen LogP contribution in [0.2, 0.25) is 0 Å². The molecule has 0 saturated heterocycles. The normalized spacial score (nSPS) is 10.9. The molecule has 0 unspecified atom stereocenters. The van der Waals surface area contributed by atoms with Gasteiger partial charge in [0.1, 0.15) is 5.69 Å². The Morgan fingerprint density at radius 1 is 1.33 bits per heavy atom. The maximum atomic E-state index is 12.1. The maximum Gasteiger partial charge on any atom is 0.323 e. The number of hydrogen-bond acceptors (Lipinski definition) is 5. The molecule has 2 aromatic heterocycles. The lowest BCUT2D eigenvalue weighted by Gasteiger charge is -2.02. The van der Waals surface area contributed by atoms with Gasteiger partial charge in [-0.3, -0.25) is 4.79 Å². The third-order valence-electron chi connectivity index (χ3n) is 2.92. The molecule has 0 aliphatic carbocycles. The fourth-order valence-electron chi connectivity index (χ4n) is 1.96. The SMILES string of the molecule is NCCc1nc(C(=O)Nc2ccc3[nH]c(=O)[nH]c3c2)cs1. The molecule has 2 heterocycles. The first kappa shape index (κ1) is 13.5. The van der Waals surface area contributed by atoms with Gasteiger partial charge in [0.15, 0.2) is 0 Å². The van der Waals surface area contributed by atoms with E-state index in [1.54, 1.807) is 23.6 Å². The number of nitrogens with two attached hydrogens (primary N) is 1. The van der Waals surface area contributed by atoms with Gasteiger partial charge in [-0.05, 0) is 24.7 Å². The summed E-state index contributed by atoms with van der Waals surface area (Å²) in [5, 5.41) is 5.30. The fraction of sp³-hybridized carbons (Fsp3) is 0.154. The van der Waals surface area contributed by atoms with E-state index in [9.17, 15) is 9.59 Å². The smallest absolute Gasteiger partial charge is 0.323 e. The molecule has 3 aromatic rings. The van der Waals surface area contributed by atoms with Crippen LogP contribution in [-0.4, -0.2) is 27.4 Å². The predicted molar refractivity (Wildman–Crippen MR) is 81.7 cm³/mol. The number of H-pyrrole nitrogens is 2. The van der Waals surface area contributed by atoms with Crippen molar-refractivity contribution in [3.63, 3.8) is 0 Å². The first-order chi connectivity index (χ1) is 10.2. The molecule has 0 aliphatic heterocycles. The number of carbonyl (C=O) groups excluding carboxylic acids is 1. The van der Waals surface area contributed by atoms with E-state index in [0.717, 1.165) is 5.01 Å². The van der Waals surface area contributed by atoms with Crippen molar-refractivity contribution in [1.82, 2.24) is 15.0 Å². The Balaban J connectivity index is 1.79. The number of carbonyl (C=O) groups is 1. The number of aromatic amines is 2. The van der Waals surface area contributed by atoms with Gasteiger partial charge in [0.05, 0.1) is 16.0 Å². The van der Waals surface area contributed by atoms with Crippen LogP contribution in [0.4, 0.5) is 5.69 Å². The van der Waals surface area contributed by atoms with E-state index in [1.165, 1.54) is 11.3 Å². The molecule has 5 N–H and O–H groups in total. The van der Waals surface area contributed by atoms with Crippen molar-refractivity contribution in [3.05, 3.63) is 44.8 Å². The van der Waals surface area contributed by atoms with Gasteiger partial charge in [-0.25, -0.2) is 9.78 Å². The molecule has 0 aliphatic rings. The lowest BCUT2D eigenvalue weighted by atomic mass is 10.2. The quantitative estimate of drug-likeness (QED) is 0.576. The fourth-order valence-corrected chi connectivity index (χ4v) is 2.75. The molecular formula is C13H13N5O2S. The van der Waals surface area contributed by atoms with Crippen LogP contribution in [0, 0.1) is 0 Å². The molecule has 21 heavy (non-hydrogen) atoms. The molecule has 8 heteroatoms. The zero-order chi connectivity index (χ0) is 14.8. The molecule has 7 nitrogen and oxygen atoms in total. The summed E-state index contributed by atoms with van der Waals surface area (Å²) in [4.78, 5) is 32.8. The minimum absolute atomic E-state index is 0.278. The number of benzene rings is 1. The highest BCUT2D eigenvalue weighted by atomic mass is 32.1. The summed E-state index contributed by atoms with van der Waals surface area (Å²) in [5.41, 5.74) is 7.47. The van der Waals surface area contributed by atoms with Crippen molar-refractivity contribution >= 4 is 34.0 Å². The Morgan fingerprint density at radius 3 is 2.95 bits per heavy atom. The highest BCUT2D eigenvalue weighted by Crippen LogP contribution is 2.16. The van der Waals surface area contributed by atoms with E-state index in [4.69, 9.17) is 5.73 Å². The number of fused-ring (bicyclic) bond motifs is 1. The van der Waals surface area contributed by atoms with Crippen LogP contribution in [0.5, 0.6) is 0 Å². The molecule has 1 amide bonds. The number of amides is 1. The van der Waals surface area contributed by atoms with Crippen LogP contribution in [-0.2, 0) is 6.42 Å². The van der Waals surface area contributed by atoms with E-state index >= 15 is 0 Å². The van der Waals surface area contributed by atoms with Gasteiger partial charge >= 0.3 is 5.69 Å². The van der Waals surface area contributed by atoms with Crippen LogP contribution in [0.15, 0.2) is 28.4 Å². The summed E-state index contributed by atoms with van der Waals surface area (Å²) in [6, 6.07) is 5.14. The van der Waals surface area contributed by atoms with Crippen LogP contribution in [0.1, 0.15) is 15.5 Å². The average molecular weight is 303 g/mol. The zero-order valence-electron chi connectivity index (χ0n) is 11.0. The molecule has 0 bridgehead atoms. The van der Waals surface area contributed by atoms with Crippen molar-refractivity contribution in [2.45, 2.75) is 6.42 Å². The Bertz CT molecular complexity index is 847. The number of imidazole rings is 1. The molecule has 108 valence electrons. The minimum Gasteiger partial charge on any atom is -0.330 e. The lowest BCUT2D eigenvalue weighted by molar-refractivity contribution is 0.102. The van der Waals surface area contributed by atoms with Gasteiger partial charge in [-0.2, -0.15) is 0 Å². The van der Waals surface area contributed by atoms with Crippen molar-refractivity contribution in [2.75, 3.05) is 11.9 Å². The summed E-state index contributed by atoms with van der Waals surface area (Å²) < 4.78 is 0. The molecule has 3 rings (SSSR count). The lowest BCUT2D eigenvalue weighted by Crippen LogP contribution is -2.12. The second kappa shape index (κ2) is 5.51. The largest absolute Gasteiger partial charge is 0.330 e. The van der Waals surface area contributed by atoms with Crippen LogP contribution < -0.4 is 16.7 Å². The molecule has 0 radical (unpaired) electrons. The zero-order valence-corrected chi connectivity index (χ0v) is 11.8. The molecular weight excluding hydrogens is 290 g/mol. The maximum absolute atomic E-state index is 12.1. The van der Waals surface area contributed by atoms with E-state index < -0.39 is 0 Å².